The van der Waals surface area contributed by atoms with Crippen LogP contribution in [0.25, 0.3) is 10.2 Å². The largest absolute Gasteiger partial charge is 0.356 e. The number of benzene rings is 1. The second-order valence-corrected chi connectivity index (χ2v) is 8.01. The van der Waals surface area contributed by atoms with Gasteiger partial charge in [0.1, 0.15) is 0 Å². The van der Waals surface area contributed by atoms with Crippen molar-refractivity contribution in [2.24, 2.45) is 4.99 Å². The van der Waals surface area contributed by atoms with Gasteiger partial charge in [-0.3, -0.25) is 4.99 Å². The van der Waals surface area contributed by atoms with Crippen molar-refractivity contribution in [1.82, 2.24) is 20.5 Å². The van der Waals surface area contributed by atoms with E-state index in [1.54, 1.807) is 11.3 Å². The summed E-state index contributed by atoms with van der Waals surface area (Å²) in [6.45, 7) is 11.0. The van der Waals surface area contributed by atoms with Crippen molar-refractivity contribution in [2.45, 2.75) is 52.5 Å². The Labute approximate surface area is 168 Å². The number of thiazole rings is 1. The molecule has 1 atom stereocenters. The first-order valence-electron chi connectivity index (χ1n) is 10.2. The number of aryl methyl sites for hydroxylation is 1. The van der Waals surface area contributed by atoms with Gasteiger partial charge in [0.25, 0.3) is 0 Å². The summed E-state index contributed by atoms with van der Waals surface area (Å²) in [6.07, 6.45) is 4.42. The van der Waals surface area contributed by atoms with Gasteiger partial charge in [-0.2, -0.15) is 0 Å². The Balaban J connectivity index is 1.64. The molecule has 2 N–H and O–H groups in total. The molecule has 27 heavy (non-hydrogen) atoms. The molecule has 0 bridgehead atoms. The highest BCUT2D eigenvalue weighted by molar-refractivity contribution is 7.18. The molecular weight excluding hydrogens is 354 g/mol. The molecule has 0 radical (unpaired) electrons. The summed E-state index contributed by atoms with van der Waals surface area (Å²) >= 11 is 1.80. The average molecular weight is 390 g/mol. The lowest BCUT2D eigenvalue weighted by Gasteiger charge is -2.21. The second-order valence-electron chi connectivity index (χ2n) is 6.89. The van der Waals surface area contributed by atoms with Gasteiger partial charge in [0.15, 0.2) is 5.96 Å². The van der Waals surface area contributed by atoms with Crippen LogP contribution in [0.15, 0.2) is 29.3 Å². The molecule has 1 aromatic carbocycles. The molecule has 0 fully saturated rings. The fourth-order valence-electron chi connectivity index (χ4n) is 3.13. The number of aliphatic imine (C=N–C) groups is 1. The Hall–Kier alpha value is -1.66. The van der Waals surface area contributed by atoms with Crippen LogP contribution in [0.1, 0.15) is 45.0 Å². The van der Waals surface area contributed by atoms with E-state index < -0.39 is 0 Å². The Morgan fingerprint density at radius 1 is 1.22 bits per heavy atom. The summed E-state index contributed by atoms with van der Waals surface area (Å²) in [5.41, 5.74) is 1.11. The van der Waals surface area contributed by atoms with Gasteiger partial charge in [0, 0.05) is 26.1 Å². The van der Waals surface area contributed by atoms with Crippen LogP contribution < -0.4 is 10.6 Å². The average Bonchev–Trinajstić information content (AvgIpc) is 3.10. The molecule has 5 nitrogen and oxygen atoms in total. The first kappa shape index (κ1) is 21.6. The van der Waals surface area contributed by atoms with Gasteiger partial charge in [-0.1, -0.05) is 26.0 Å². The molecule has 1 heterocycles. The topological polar surface area (TPSA) is 52.5 Å². The van der Waals surface area contributed by atoms with Crippen LogP contribution in [-0.4, -0.2) is 55.1 Å². The van der Waals surface area contributed by atoms with Gasteiger partial charge >= 0.3 is 0 Å². The van der Waals surface area contributed by atoms with E-state index in [1.165, 1.54) is 22.7 Å². The Bertz CT molecular complexity index is 660. The first-order chi connectivity index (χ1) is 13.2. The van der Waals surface area contributed by atoms with E-state index in [4.69, 9.17) is 4.98 Å². The number of nitrogens with one attached hydrogen (secondary N) is 2. The molecule has 6 heteroatoms. The maximum Gasteiger partial charge on any atom is 0.191 e. The molecule has 0 amide bonds. The highest BCUT2D eigenvalue weighted by atomic mass is 32.1. The zero-order chi connectivity index (χ0) is 19.5. The molecule has 150 valence electrons. The number of fused-ring (bicyclic) bond motifs is 1. The third-order valence-electron chi connectivity index (χ3n) is 4.81. The maximum atomic E-state index is 4.70. The summed E-state index contributed by atoms with van der Waals surface area (Å²) in [5.74, 6) is 0.898. The van der Waals surface area contributed by atoms with Crippen molar-refractivity contribution in [3.8, 4) is 0 Å². The predicted molar refractivity (Wildman–Crippen MR) is 119 cm³/mol. The van der Waals surface area contributed by atoms with Crippen molar-refractivity contribution in [3.05, 3.63) is 29.3 Å². The minimum absolute atomic E-state index is 0.427. The zero-order valence-electron chi connectivity index (χ0n) is 17.3. The van der Waals surface area contributed by atoms with Gasteiger partial charge in [0.2, 0.25) is 0 Å². The molecule has 0 spiro atoms. The molecule has 1 aromatic heterocycles. The van der Waals surface area contributed by atoms with E-state index in [1.807, 2.05) is 13.1 Å². The third kappa shape index (κ3) is 7.46. The van der Waals surface area contributed by atoms with Crippen LogP contribution in [0.3, 0.4) is 0 Å². The van der Waals surface area contributed by atoms with E-state index >= 15 is 0 Å². The van der Waals surface area contributed by atoms with Crippen LogP contribution >= 0.6 is 11.3 Å². The monoisotopic (exact) mass is 389 g/mol. The van der Waals surface area contributed by atoms with E-state index in [0.717, 1.165) is 50.4 Å². The predicted octanol–water partition coefficient (Wildman–Crippen LogP) is 3.90. The zero-order valence-corrected chi connectivity index (χ0v) is 18.1. The number of hydrogen-bond donors (Lipinski definition) is 2. The van der Waals surface area contributed by atoms with Crippen LogP contribution in [0, 0.1) is 0 Å². The van der Waals surface area contributed by atoms with Gasteiger partial charge < -0.3 is 15.5 Å². The Kier molecular flexibility index (Phi) is 9.56. The lowest BCUT2D eigenvalue weighted by Crippen LogP contribution is -2.42. The van der Waals surface area contributed by atoms with Gasteiger partial charge in [-0.15, -0.1) is 11.3 Å². The molecule has 0 saturated carbocycles. The number of hydrogen-bond acceptors (Lipinski definition) is 4. The van der Waals surface area contributed by atoms with E-state index in [2.05, 4.69) is 59.5 Å². The molecule has 2 aromatic rings. The Morgan fingerprint density at radius 3 is 2.70 bits per heavy atom. The minimum Gasteiger partial charge on any atom is -0.356 e. The molecule has 1 unspecified atom stereocenters. The summed E-state index contributed by atoms with van der Waals surface area (Å²) in [5, 5.41) is 8.15. The number of rotatable bonds is 11. The summed E-state index contributed by atoms with van der Waals surface area (Å²) < 4.78 is 1.27. The lowest BCUT2D eigenvalue weighted by atomic mass is 10.2. The van der Waals surface area contributed by atoms with Crippen molar-refractivity contribution in [3.63, 3.8) is 0 Å². The van der Waals surface area contributed by atoms with Crippen molar-refractivity contribution in [2.75, 3.05) is 33.2 Å². The van der Waals surface area contributed by atoms with E-state index in [-0.39, 0.29) is 0 Å². The molecular formula is C21H35N5S. The SMILES string of the molecule is CCN(CC)CCCC(C)NC(=NC)NCCCc1nc2ccccc2s1. The van der Waals surface area contributed by atoms with Crippen LogP contribution in [0.2, 0.25) is 0 Å². The summed E-state index contributed by atoms with van der Waals surface area (Å²) in [7, 11) is 1.84. The number of nitrogens with zero attached hydrogens (tertiary/aromatic N) is 3. The second kappa shape index (κ2) is 11.9. The van der Waals surface area contributed by atoms with Crippen LogP contribution in [-0.2, 0) is 6.42 Å². The molecule has 0 saturated heterocycles. The quantitative estimate of drug-likeness (QED) is 0.348. The third-order valence-corrected chi connectivity index (χ3v) is 5.91. The molecule has 2 rings (SSSR count). The minimum atomic E-state index is 0.427. The van der Waals surface area contributed by atoms with Crippen LogP contribution in [0.4, 0.5) is 0 Å². The summed E-state index contributed by atoms with van der Waals surface area (Å²) in [6, 6.07) is 8.77. The fraction of sp³-hybridized carbons (Fsp3) is 0.619. The molecule has 0 aliphatic rings. The standard InChI is InChI=1S/C21H35N5S/c1-5-26(6-2)16-10-11-17(3)24-21(22-4)23-15-9-14-20-25-18-12-7-8-13-19(18)27-20/h7-8,12-13,17H,5-6,9-11,14-16H2,1-4H3,(H2,22,23,24). The molecule has 0 aliphatic heterocycles. The van der Waals surface area contributed by atoms with Crippen molar-refractivity contribution in [1.29, 1.82) is 0 Å². The smallest absolute Gasteiger partial charge is 0.191 e. The van der Waals surface area contributed by atoms with Gasteiger partial charge in [-0.25, -0.2) is 4.98 Å². The number of aromatic nitrogens is 1. The van der Waals surface area contributed by atoms with Gasteiger partial charge in [0.05, 0.1) is 15.2 Å². The normalized spacial score (nSPS) is 13.3. The van der Waals surface area contributed by atoms with E-state index in [9.17, 15) is 0 Å². The Morgan fingerprint density at radius 2 is 2.00 bits per heavy atom. The summed E-state index contributed by atoms with van der Waals surface area (Å²) in [4.78, 5) is 11.5. The first-order valence-corrected chi connectivity index (χ1v) is 11.0. The molecule has 0 aliphatic carbocycles. The van der Waals surface area contributed by atoms with Crippen molar-refractivity contribution < 1.29 is 0 Å². The number of para-hydroxylation sites is 1. The number of guanidine groups is 1. The fourth-order valence-corrected chi connectivity index (χ4v) is 4.14. The van der Waals surface area contributed by atoms with Crippen molar-refractivity contribution >= 4 is 27.5 Å². The highest BCUT2D eigenvalue weighted by Gasteiger charge is 2.07. The van der Waals surface area contributed by atoms with Crippen LogP contribution in [0.5, 0.6) is 0 Å². The maximum absolute atomic E-state index is 4.70. The highest BCUT2D eigenvalue weighted by Crippen LogP contribution is 2.22. The van der Waals surface area contributed by atoms with E-state index in [0.29, 0.717) is 6.04 Å². The lowest BCUT2D eigenvalue weighted by molar-refractivity contribution is 0.292. The van der Waals surface area contributed by atoms with Gasteiger partial charge in [-0.05, 0) is 58.0 Å².